The summed E-state index contributed by atoms with van der Waals surface area (Å²) in [5, 5.41) is 0. The average molecular weight is 381 g/mol. The lowest BCUT2D eigenvalue weighted by Gasteiger charge is -2.13. The smallest absolute Gasteiger partial charge is 0.236 e. The molecule has 0 radical (unpaired) electrons. The van der Waals surface area contributed by atoms with Gasteiger partial charge in [-0.3, -0.25) is 14.5 Å². The Morgan fingerprint density at radius 1 is 1.40 bits per heavy atom. The van der Waals surface area contributed by atoms with E-state index < -0.39 is 0 Å². The second kappa shape index (κ2) is 4.17. The molecule has 1 saturated heterocycles. The average Bonchev–Trinajstić information content (AvgIpc) is 2.50. The molecule has 1 aliphatic rings. The first-order valence-electron chi connectivity index (χ1n) is 4.22. The fourth-order valence-electron chi connectivity index (χ4n) is 1.35. The Hall–Kier alpha value is -0.500. The molecule has 0 N–H and O–H groups in total. The van der Waals surface area contributed by atoms with Crippen molar-refractivity contribution < 1.29 is 9.59 Å². The summed E-state index contributed by atoms with van der Waals surface area (Å²) in [7, 11) is 0. The van der Waals surface area contributed by atoms with E-state index in [9.17, 15) is 9.59 Å². The number of aromatic nitrogens is 1. The second-order valence-electron chi connectivity index (χ2n) is 3.14. The third-order valence-electron chi connectivity index (χ3n) is 2.05. The molecule has 15 heavy (non-hydrogen) atoms. The molecule has 0 spiro atoms. The van der Waals surface area contributed by atoms with Gasteiger partial charge >= 0.3 is 0 Å². The van der Waals surface area contributed by atoms with Crippen molar-refractivity contribution in [2.45, 2.75) is 6.42 Å². The minimum atomic E-state index is -0.180. The van der Waals surface area contributed by atoms with Crippen LogP contribution in [-0.2, 0) is 9.59 Å². The molecule has 1 fully saturated rings. The van der Waals surface area contributed by atoms with E-state index in [2.05, 4.69) is 43.5 Å². The van der Waals surface area contributed by atoms with Gasteiger partial charge in [-0.15, -0.1) is 0 Å². The summed E-state index contributed by atoms with van der Waals surface area (Å²) in [6.07, 6.45) is -0.00865. The number of anilines is 1. The first kappa shape index (κ1) is 11.0. The summed E-state index contributed by atoms with van der Waals surface area (Å²) >= 11 is 5.42. The SMILES string of the molecule is O=C1CC(=O)N(c2ccc(I)c(Br)n2)C1. The van der Waals surface area contributed by atoms with Crippen LogP contribution in [0.5, 0.6) is 0 Å². The van der Waals surface area contributed by atoms with Crippen LogP contribution in [0, 0.1) is 3.57 Å². The van der Waals surface area contributed by atoms with E-state index in [1.165, 1.54) is 4.90 Å². The predicted octanol–water partition coefficient (Wildman–Crippen LogP) is 1.75. The van der Waals surface area contributed by atoms with Gasteiger partial charge in [0.2, 0.25) is 5.91 Å². The van der Waals surface area contributed by atoms with Gasteiger partial charge in [-0.05, 0) is 50.7 Å². The zero-order valence-corrected chi connectivity index (χ0v) is 11.3. The lowest BCUT2D eigenvalue weighted by Crippen LogP contribution is -2.25. The largest absolute Gasteiger partial charge is 0.297 e. The van der Waals surface area contributed by atoms with Crippen molar-refractivity contribution in [1.29, 1.82) is 0 Å². The molecular formula is C9H6BrIN2O2. The minimum absolute atomic E-state index is 0.00865. The van der Waals surface area contributed by atoms with Gasteiger partial charge in [-0.2, -0.15) is 0 Å². The lowest BCUT2D eigenvalue weighted by atomic mass is 10.3. The summed E-state index contributed by atoms with van der Waals surface area (Å²) in [5.41, 5.74) is 0. The van der Waals surface area contributed by atoms with Gasteiger partial charge in [0.05, 0.1) is 13.0 Å². The van der Waals surface area contributed by atoms with Crippen LogP contribution < -0.4 is 4.90 Å². The van der Waals surface area contributed by atoms with Crippen LogP contribution in [0.4, 0.5) is 5.82 Å². The number of hydrogen-bond donors (Lipinski definition) is 0. The van der Waals surface area contributed by atoms with E-state index in [0.29, 0.717) is 10.4 Å². The summed E-state index contributed by atoms with van der Waals surface area (Å²) in [6, 6.07) is 3.59. The predicted molar refractivity (Wildman–Crippen MR) is 66.6 cm³/mol. The molecule has 2 rings (SSSR count). The van der Waals surface area contributed by atoms with Crippen LogP contribution in [-0.4, -0.2) is 23.2 Å². The highest BCUT2D eigenvalue weighted by Crippen LogP contribution is 2.23. The zero-order valence-electron chi connectivity index (χ0n) is 7.54. The quantitative estimate of drug-likeness (QED) is 0.423. The maximum absolute atomic E-state index is 11.4. The third kappa shape index (κ3) is 2.20. The third-order valence-corrected chi connectivity index (χ3v) is 4.27. The molecule has 0 saturated carbocycles. The topological polar surface area (TPSA) is 50.3 Å². The number of halogens is 2. The molecule has 4 nitrogen and oxygen atoms in total. The molecule has 0 aliphatic carbocycles. The fraction of sp³-hybridized carbons (Fsp3) is 0.222. The number of nitrogens with zero attached hydrogens (tertiary/aromatic N) is 2. The summed E-state index contributed by atoms with van der Waals surface area (Å²) in [4.78, 5) is 28.1. The Kier molecular flexibility index (Phi) is 3.06. The monoisotopic (exact) mass is 380 g/mol. The molecule has 0 unspecified atom stereocenters. The van der Waals surface area contributed by atoms with Crippen LogP contribution in [0.15, 0.2) is 16.7 Å². The van der Waals surface area contributed by atoms with Crippen molar-refractivity contribution in [3.63, 3.8) is 0 Å². The normalized spacial score (nSPS) is 16.3. The van der Waals surface area contributed by atoms with E-state index in [-0.39, 0.29) is 24.7 Å². The Balaban J connectivity index is 2.34. The maximum Gasteiger partial charge on any atom is 0.236 e. The minimum Gasteiger partial charge on any atom is -0.297 e. The Labute approximate surface area is 108 Å². The van der Waals surface area contributed by atoms with E-state index in [4.69, 9.17) is 0 Å². The number of pyridine rings is 1. The van der Waals surface area contributed by atoms with Crippen LogP contribution >= 0.6 is 38.5 Å². The van der Waals surface area contributed by atoms with Gasteiger partial charge in [0.25, 0.3) is 0 Å². The standard InChI is InChI=1S/C9H6BrIN2O2/c10-9-6(11)1-2-7(12-9)13-4-5(14)3-8(13)15/h1-2H,3-4H2. The fourth-order valence-corrected chi connectivity index (χ4v) is 1.97. The first-order valence-corrected chi connectivity index (χ1v) is 6.09. The Morgan fingerprint density at radius 3 is 2.67 bits per heavy atom. The number of rotatable bonds is 1. The molecule has 0 atom stereocenters. The molecule has 2 heterocycles. The molecule has 1 aliphatic heterocycles. The molecular weight excluding hydrogens is 375 g/mol. The summed E-state index contributed by atoms with van der Waals surface area (Å²) in [5.74, 6) is 0.287. The number of hydrogen-bond acceptors (Lipinski definition) is 3. The van der Waals surface area contributed by atoms with Crippen LogP contribution in [0.3, 0.4) is 0 Å². The second-order valence-corrected chi connectivity index (χ2v) is 5.05. The van der Waals surface area contributed by atoms with Crippen LogP contribution in [0.2, 0.25) is 0 Å². The zero-order chi connectivity index (χ0) is 11.0. The van der Waals surface area contributed by atoms with Gasteiger partial charge in [-0.1, -0.05) is 0 Å². The lowest BCUT2D eigenvalue weighted by molar-refractivity contribution is -0.121. The number of carbonyl (C=O) groups is 2. The number of amides is 1. The van der Waals surface area contributed by atoms with Gasteiger partial charge in [-0.25, -0.2) is 4.98 Å². The molecule has 78 valence electrons. The first-order chi connectivity index (χ1) is 7.08. The van der Waals surface area contributed by atoms with Gasteiger partial charge < -0.3 is 0 Å². The van der Waals surface area contributed by atoms with Crippen LogP contribution in [0.25, 0.3) is 0 Å². The van der Waals surface area contributed by atoms with Crippen molar-refractivity contribution in [3.05, 3.63) is 20.3 Å². The molecule has 0 aromatic carbocycles. The molecule has 1 amide bonds. The summed E-state index contributed by atoms with van der Waals surface area (Å²) < 4.78 is 1.65. The van der Waals surface area contributed by atoms with Gasteiger partial charge in [0, 0.05) is 3.57 Å². The van der Waals surface area contributed by atoms with Gasteiger partial charge in [0.1, 0.15) is 10.4 Å². The highest BCUT2D eigenvalue weighted by molar-refractivity contribution is 14.1. The van der Waals surface area contributed by atoms with E-state index >= 15 is 0 Å². The van der Waals surface area contributed by atoms with Crippen molar-refractivity contribution in [3.8, 4) is 0 Å². The van der Waals surface area contributed by atoms with Crippen molar-refractivity contribution in [2.75, 3.05) is 11.4 Å². The summed E-state index contributed by atoms with van der Waals surface area (Å²) in [6.45, 7) is 0.138. The highest BCUT2D eigenvalue weighted by atomic mass is 127. The molecule has 1 aromatic rings. The van der Waals surface area contributed by atoms with Crippen molar-refractivity contribution in [2.24, 2.45) is 0 Å². The number of ketones is 1. The van der Waals surface area contributed by atoms with Crippen molar-refractivity contribution >= 4 is 56.0 Å². The van der Waals surface area contributed by atoms with Gasteiger partial charge in [0.15, 0.2) is 5.78 Å². The van der Waals surface area contributed by atoms with E-state index in [1.54, 1.807) is 6.07 Å². The number of carbonyl (C=O) groups excluding carboxylic acids is 2. The van der Waals surface area contributed by atoms with Crippen LogP contribution in [0.1, 0.15) is 6.42 Å². The highest BCUT2D eigenvalue weighted by Gasteiger charge is 2.29. The molecule has 6 heteroatoms. The van der Waals surface area contributed by atoms with Crippen molar-refractivity contribution in [1.82, 2.24) is 4.98 Å². The van der Waals surface area contributed by atoms with E-state index in [1.807, 2.05) is 6.07 Å². The molecule has 0 bridgehead atoms. The Morgan fingerprint density at radius 2 is 2.13 bits per heavy atom. The van der Waals surface area contributed by atoms with E-state index in [0.717, 1.165) is 3.57 Å². The number of Topliss-reactive ketones (excluding diaryl/α,β-unsaturated/α-hetero) is 1. The molecule has 1 aromatic heterocycles. The Bertz CT molecular complexity index is 450. The maximum atomic E-state index is 11.4.